The van der Waals surface area contributed by atoms with E-state index in [1.807, 2.05) is 24.3 Å². The van der Waals surface area contributed by atoms with Gasteiger partial charge in [-0.25, -0.2) is 4.79 Å². The van der Waals surface area contributed by atoms with Crippen LogP contribution in [0, 0.1) is 5.41 Å². The van der Waals surface area contributed by atoms with Crippen LogP contribution in [0.4, 0.5) is 5.69 Å². The highest BCUT2D eigenvalue weighted by Crippen LogP contribution is 2.40. The Kier molecular flexibility index (Phi) is 8.12. The fraction of sp³-hybridized carbons (Fsp3) is 0.565. The Morgan fingerprint density at radius 1 is 1.12 bits per heavy atom. The molecule has 9 nitrogen and oxygen atoms in total. The molecule has 180 valence electrons. The zero-order valence-electron chi connectivity index (χ0n) is 19.4. The van der Waals surface area contributed by atoms with Crippen LogP contribution in [0.5, 0.6) is 5.75 Å². The molecule has 1 spiro atoms. The Morgan fingerprint density at radius 3 is 2.39 bits per heavy atom. The van der Waals surface area contributed by atoms with Gasteiger partial charge in [-0.05, 0) is 49.0 Å². The molecule has 2 fully saturated rings. The van der Waals surface area contributed by atoms with Crippen LogP contribution < -0.4 is 15.4 Å². The number of hydrogen-bond acceptors (Lipinski definition) is 6. The third-order valence-electron chi connectivity index (χ3n) is 6.47. The molecule has 0 radical (unpaired) electrons. The topological polar surface area (TPSA) is 100 Å². The minimum absolute atomic E-state index is 0.0620. The number of ether oxygens (including phenoxy) is 2. The highest BCUT2D eigenvalue weighted by molar-refractivity contribution is 7.80. The normalized spacial score (nSPS) is 17.9. The van der Waals surface area contributed by atoms with Gasteiger partial charge in [0.05, 0.1) is 20.6 Å². The summed E-state index contributed by atoms with van der Waals surface area (Å²) < 4.78 is 9.98. The van der Waals surface area contributed by atoms with Gasteiger partial charge < -0.3 is 29.9 Å². The molecule has 1 atom stereocenters. The smallest absolute Gasteiger partial charge is 0.328 e. The van der Waals surface area contributed by atoms with Crippen molar-refractivity contribution in [1.29, 1.82) is 0 Å². The van der Waals surface area contributed by atoms with Crippen LogP contribution in [-0.4, -0.2) is 79.1 Å². The van der Waals surface area contributed by atoms with Crippen molar-refractivity contribution in [2.75, 3.05) is 45.7 Å². The monoisotopic (exact) mass is 476 g/mol. The lowest BCUT2D eigenvalue weighted by Gasteiger charge is -2.40. The lowest BCUT2D eigenvalue weighted by atomic mass is 9.78. The van der Waals surface area contributed by atoms with Gasteiger partial charge in [0.15, 0.2) is 5.11 Å². The van der Waals surface area contributed by atoms with Crippen LogP contribution in [0.15, 0.2) is 24.3 Å². The lowest BCUT2D eigenvalue weighted by Crippen LogP contribution is -2.47. The molecule has 2 heterocycles. The molecule has 0 unspecified atom stereocenters. The average molecular weight is 477 g/mol. The van der Waals surface area contributed by atoms with E-state index >= 15 is 0 Å². The van der Waals surface area contributed by atoms with Crippen LogP contribution in [-0.2, 0) is 19.1 Å². The molecular formula is C23H32N4O5S. The van der Waals surface area contributed by atoms with Crippen molar-refractivity contribution in [1.82, 2.24) is 15.1 Å². The first kappa shape index (κ1) is 24.8. The van der Waals surface area contributed by atoms with Crippen molar-refractivity contribution in [2.24, 2.45) is 5.41 Å². The van der Waals surface area contributed by atoms with E-state index in [1.54, 1.807) is 12.0 Å². The highest BCUT2D eigenvalue weighted by atomic mass is 32.1. The number of benzene rings is 1. The van der Waals surface area contributed by atoms with Crippen LogP contribution in [0.3, 0.4) is 0 Å². The molecule has 10 heteroatoms. The summed E-state index contributed by atoms with van der Waals surface area (Å²) in [5, 5.41) is 6.47. The number of nitrogens with zero attached hydrogens (tertiary/aromatic N) is 2. The van der Waals surface area contributed by atoms with Gasteiger partial charge in [0.25, 0.3) is 0 Å². The van der Waals surface area contributed by atoms with E-state index in [0.29, 0.717) is 18.2 Å². The van der Waals surface area contributed by atoms with Crippen molar-refractivity contribution in [2.45, 2.75) is 38.6 Å². The van der Waals surface area contributed by atoms with E-state index in [-0.39, 0.29) is 23.7 Å². The van der Waals surface area contributed by atoms with Crippen molar-refractivity contribution >= 4 is 40.8 Å². The Hall–Kier alpha value is -2.88. The summed E-state index contributed by atoms with van der Waals surface area (Å²) in [4.78, 5) is 40.1. The maximum Gasteiger partial charge on any atom is 0.328 e. The van der Waals surface area contributed by atoms with E-state index in [2.05, 4.69) is 15.5 Å². The highest BCUT2D eigenvalue weighted by Gasteiger charge is 2.43. The molecule has 3 rings (SSSR count). The minimum atomic E-state index is -0.960. The molecule has 33 heavy (non-hydrogen) atoms. The number of nitrogens with one attached hydrogen (secondary N) is 2. The summed E-state index contributed by atoms with van der Waals surface area (Å²) in [6.07, 6.45) is 2.69. The zero-order valence-corrected chi connectivity index (χ0v) is 20.2. The number of amides is 2. The standard InChI is InChI=1S/C23H32N4O5S/c1-16(28)24-19(21(30)32-3)14-20(29)27-12-9-23(15-27)7-10-26(11-8-23)22(33)25-17-5-4-6-18(13-17)31-2/h4-6,13,19H,7-12,14-15H2,1-3H3,(H,24,28)(H,25,33)/t19-/m0/s1. The predicted molar refractivity (Wildman–Crippen MR) is 128 cm³/mol. The summed E-state index contributed by atoms with van der Waals surface area (Å²) in [6.45, 7) is 4.25. The first-order chi connectivity index (χ1) is 15.7. The molecule has 0 aromatic heterocycles. The number of carbonyl (C=O) groups is 3. The van der Waals surface area contributed by atoms with Gasteiger partial charge in [0, 0.05) is 44.9 Å². The number of anilines is 1. The third-order valence-corrected chi connectivity index (χ3v) is 6.83. The number of rotatable bonds is 6. The van der Waals surface area contributed by atoms with Gasteiger partial charge in [0.2, 0.25) is 11.8 Å². The van der Waals surface area contributed by atoms with Crippen LogP contribution in [0.25, 0.3) is 0 Å². The van der Waals surface area contributed by atoms with Crippen molar-refractivity contribution in [3.8, 4) is 5.75 Å². The number of carbonyl (C=O) groups excluding carboxylic acids is 3. The van der Waals surface area contributed by atoms with Gasteiger partial charge in [-0.1, -0.05) is 6.07 Å². The van der Waals surface area contributed by atoms with Crippen LogP contribution >= 0.6 is 12.2 Å². The SMILES string of the molecule is COC(=O)[C@H](CC(=O)N1CCC2(CCN(C(=S)Nc3cccc(OC)c3)CC2)C1)NC(C)=O. The summed E-state index contributed by atoms with van der Waals surface area (Å²) in [5.74, 6) is -0.363. The molecule has 1 aromatic carbocycles. The van der Waals surface area contributed by atoms with Gasteiger partial charge in [-0.3, -0.25) is 9.59 Å². The molecular weight excluding hydrogens is 444 g/mol. The number of hydrogen-bond donors (Lipinski definition) is 2. The lowest BCUT2D eigenvalue weighted by molar-refractivity contribution is -0.147. The van der Waals surface area contributed by atoms with Crippen LogP contribution in [0.2, 0.25) is 0 Å². The van der Waals surface area contributed by atoms with Gasteiger partial charge in [0.1, 0.15) is 11.8 Å². The fourth-order valence-corrected chi connectivity index (χ4v) is 4.83. The third kappa shape index (κ3) is 6.34. The summed E-state index contributed by atoms with van der Waals surface area (Å²) >= 11 is 5.61. The number of likely N-dealkylation sites (tertiary alicyclic amines) is 2. The van der Waals surface area contributed by atoms with Crippen molar-refractivity contribution < 1.29 is 23.9 Å². The molecule has 0 aliphatic carbocycles. The molecule has 2 aliphatic rings. The van der Waals surface area contributed by atoms with Gasteiger partial charge in [-0.15, -0.1) is 0 Å². The van der Waals surface area contributed by atoms with Crippen molar-refractivity contribution in [3.63, 3.8) is 0 Å². The number of piperidine rings is 1. The van der Waals surface area contributed by atoms with E-state index in [1.165, 1.54) is 14.0 Å². The quantitative estimate of drug-likeness (QED) is 0.473. The molecule has 1 aromatic rings. The number of methoxy groups -OCH3 is 2. The average Bonchev–Trinajstić information content (AvgIpc) is 3.21. The van der Waals surface area contributed by atoms with E-state index < -0.39 is 12.0 Å². The number of esters is 1. The predicted octanol–water partition coefficient (Wildman–Crippen LogP) is 1.77. The molecule has 0 bridgehead atoms. The van der Waals surface area contributed by atoms with Crippen molar-refractivity contribution in [3.05, 3.63) is 24.3 Å². The van der Waals surface area contributed by atoms with E-state index in [0.717, 1.165) is 43.8 Å². The molecule has 2 aliphatic heterocycles. The number of thiocarbonyl (C=S) groups is 1. The maximum atomic E-state index is 12.8. The van der Waals surface area contributed by atoms with E-state index in [9.17, 15) is 14.4 Å². The summed E-state index contributed by atoms with van der Waals surface area (Å²) in [5.41, 5.74) is 0.948. The van der Waals surface area contributed by atoms with Gasteiger partial charge in [-0.2, -0.15) is 0 Å². The first-order valence-electron chi connectivity index (χ1n) is 11.1. The second-order valence-electron chi connectivity index (χ2n) is 8.69. The second-order valence-corrected chi connectivity index (χ2v) is 9.08. The Balaban J connectivity index is 1.51. The van der Waals surface area contributed by atoms with E-state index in [4.69, 9.17) is 21.7 Å². The summed E-state index contributed by atoms with van der Waals surface area (Å²) in [6, 6.07) is 6.69. The largest absolute Gasteiger partial charge is 0.497 e. The minimum Gasteiger partial charge on any atom is -0.497 e. The Morgan fingerprint density at radius 2 is 1.79 bits per heavy atom. The Labute approximate surface area is 199 Å². The second kappa shape index (κ2) is 10.8. The zero-order chi connectivity index (χ0) is 24.0. The molecule has 2 saturated heterocycles. The molecule has 2 N–H and O–H groups in total. The van der Waals surface area contributed by atoms with Gasteiger partial charge >= 0.3 is 5.97 Å². The fourth-order valence-electron chi connectivity index (χ4n) is 4.53. The molecule has 2 amide bonds. The molecule has 0 saturated carbocycles. The van der Waals surface area contributed by atoms with Crippen LogP contribution in [0.1, 0.15) is 32.6 Å². The maximum absolute atomic E-state index is 12.8. The Bertz CT molecular complexity index is 901. The summed E-state index contributed by atoms with van der Waals surface area (Å²) in [7, 11) is 2.88. The first-order valence-corrected chi connectivity index (χ1v) is 11.5.